The van der Waals surface area contributed by atoms with Crippen LogP contribution in [0.1, 0.15) is 6.92 Å². The number of carbonyl (C=O) groups excluding carboxylic acids is 1. The van der Waals surface area contributed by atoms with Crippen molar-refractivity contribution in [2.75, 3.05) is 13.2 Å². The fourth-order valence-corrected chi connectivity index (χ4v) is 0.506. The topological polar surface area (TPSA) is 38.8 Å². The minimum absolute atomic E-state index is 0.0289. The molecule has 1 aliphatic rings. The molecule has 0 aromatic carbocycles. The van der Waals surface area contributed by atoms with Crippen LogP contribution in [0.3, 0.4) is 0 Å². The fraction of sp³-hybridized carbons (Fsp3) is 0.833. The van der Waals surface area contributed by atoms with Gasteiger partial charge in [0.15, 0.2) is 0 Å². The normalized spacial score (nSPS) is 25.5. The zero-order chi connectivity index (χ0) is 7.56. The number of hydrogen-bond acceptors (Lipinski definition) is 3. The molecule has 1 saturated heterocycles. The third-order valence-corrected chi connectivity index (χ3v) is 1.29. The molecule has 1 aliphatic heterocycles. The fourth-order valence-electron chi connectivity index (χ4n) is 0.506. The van der Waals surface area contributed by atoms with E-state index in [2.05, 4.69) is 0 Å². The number of epoxide rings is 1. The van der Waals surface area contributed by atoms with Gasteiger partial charge in [-0.25, -0.2) is 0 Å². The number of hydrogen-bond donors (Lipinski definition) is 0. The van der Waals surface area contributed by atoms with Crippen molar-refractivity contribution in [3.8, 4) is 0 Å². The molecule has 0 saturated carbocycles. The number of carbonyl (C=O) groups is 1. The summed E-state index contributed by atoms with van der Waals surface area (Å²) in [5, 5.41) is 0. The van der Waals surface area contributed by atoms with Crippen LogP contribution in [0, 0.1) is 0 Å². The molecule has 1 heterocycles. The quantitative estimate of drug-likeness (QED) is 0.299. The molecular formula is C6H11BO3. The molecular weight excluding hydrogens is 131 g/mol. The summed E-state index contributed by atoms with van der Waals surface area (Å²) in [5.41, 5.74) is 0. The van der Waals surface area contributed by atoms with Crippen molar-refractivity contribution >= 4 is 13.8 Å². The van der Waals surface area contributed by atoms with Gasteiger partial charge < -0.3 is 9.47 Å². The van der Waals surface area contributed by atoms with Gasteiger partial charge in [0.2, 0.25) is 0 Å². The van der Waals surface area contributed by atoms with Crippen molar-refractivity contribution in [1.82, 2.24) is 0 Å². The molecule has 4 heteroatoms. The van der Waals surface area contributed by atoms with Crippen molar-refractivity contribution in [2.45, 2.75) is 18.8 Å². The summed E-state index contributed by atoms with van der Waals surface area (Å²) in [6.07, 6.45) is 0.183. The Balaban J connectivity index is 2.05. The Bertz CT molecular complexity index is 131. The highest BCUT2D eigenvalue weighted by Gasteiger charge is 2.24. The third kappa shape index (κ3) is 2.39. The minimum Gasteiger partial charge on any atom is -0.463 e. The van der Waals surface area contributed by atoms with Crippen molar-refractivity contribution in [3.63, 3.8) is 0 Å². The van der Waals surface area contributed by atoms with Gasteiger partial charge in [-0.1, -0.05) is 6.92 Å². The van der Waals surface area contributed by atoms with E-state index in [0.717, 1.165) is 6.61 Å². The predicted octanol–water partition coefficient (Wildman–Crippen LogP) is -0.630. The van der Waals surface area contributed by atoms with E-state index in [4.69, 9.17) is 9.47 Å². The van der Waals surface area contributed by atoms with Gasteiger partial charge in [-0.05, 0) is 0 Å². The molecule has 0 N–H and O–H groups in total. The first kappa shape index (κ1) is 7.60. The Morgan fingerprint density at radius 2 is 2.60 bits per heavy atom. The highest BCUT2D eigenvalue weighted by Crippen LogP contribution is 2.10. The molecule has 0 spiro atoms. The maximum Gasteiger partial charge on any atom is 0.300 e. The molecule has 10 heavy (non-hydrogen) atoms. The van der Waals surface area contributed by atoms with Crippen LogP contribution in [0.25, 0.3) is 0 Å². The predicted molar refractivity (Wildman–Crippen MR) is 38.7 cm³/mol. The van der Waals surface area contributed by atoms with Gasteiger partial charge >= 0.3 is 5.97 Å². The smallest absolute Gasteiger partial charge is 0.300 e. The number of rotatable bonds is 3. The van der Waals surface area contributed by atoms with Gasteiger partial charge in [0.05, 0.1) is 6.61 Å². The maximum atomic E-state index is 10.8. The van der Waals surface area contributed by atoms with Crippen LogP contribution in [-0.2, 0) is 14.3 Å². The SMILES string of the molecule is BC(C)C(=O)OCC1CO1. The summed E-state index contributed by atoms with van der Waals surface area (Å²) in [6.45, 7) is 2.98. The molecule has 0 amide bonds. The van der Waals surface area contributed by atoms with E-state index < -0.39 is 0 Å². The second-order valence-electron chi connectivity index (χ2n) is 2.74. The van der Waals surface area contributed by atoms with Gasteiger partial charge in [-0.15, -0.1) is 0 Å². The summed E-state index contributed by atoms with van der Waals surface area (Å²) in [4.78, 5) is 10.8. The maximum absolute atomic E-state index is 10.8. The van der Waals surface area contributed by atoms with Crippen LogP contribution in [0.2, 0.25) is 5.82 Å². The Hall–Kier alpha value is -0.505. The highest BCUT2D eigenvalue weighted by molar-refractivity contribution is 6.22. The summed E-state index contributed by atoms with van der Waals surface area (Å²) in [5.74, 6) is -0.172. The molecule has 0 radical (unpaired) electrons. The molecule has 0 bridgehead atoms. The molecule has 3 nitrogen and oxygen atoms in total. The highest BCUT2D eigenvalue weighted by atomic mass is 16.6. The molecule has 1 rings (SSSR count). The molecule has 56 valence electrons. The molecule has 0 aliphatic carbocycles. The first-order valence-corrected chi connectivity index (χ1v) is 3.48. The van der Waals surface area contributed by atoms with Gasteiger partial charge in [0, 0.05) is 5.82 Å². The molecule has 0 aromatic rings. The first-order valence-electron chi connectivity index (χ1n) is 3.48. The van der Waals surface area contributed by atoms with Crippen LogP contribution in [-0.4, -0.2) is 33.1 Å². The molecule has 2 atom stereocenters. The van der Waals surface area contributed by atoms with Crippen molar-refractivity contribution in [3.05, 3.63) is 0 Å². The van der Waals surface area contributed by atoms with Crippen LogP contribution in [0.4, 0.5) is 0 Å². The van der Waals surface area contributed by atoms with Crippen LogP contribution in [0.5, 0.6) is 0 Å². The van der Waals surface area contributed by atoms with E-state index in [9.17, 15) is 4.79 Å². The Kier molecular flexibility index (Phi) is 2.32. The Morgan fingerprint density at radius 3 is 3.00 bits per heavy atom. The summed E-state index contributed by atoms with van der Waals surface area (Å²) in [7, 11) is 1.82. The van der Waals surface area contributed by atoms with Crippen LogP contribution >= 0.6 is 0 Å². The molecule has 1 fully saturated rings. The van der Waals surface area contributed by atoms with Gasteiger partial charge in [-0.2, -0.15) is 0 Å². The van der Waals surface area contributed by atoms with Crippen molar-refractivity contribution in [2.24, 2.45) is 0 Å². The number of ether oxygens (including phenoxy) is 2. The monoisotopic (exact) mass is 142 g/mol. The van der Waals surface area contributed by atoms with E-state index in [1.165, 1.54) is 0 Å². The summed E-state index contributed by atoms with van der Waals surface area (Å²) >= 11 is 0. The van der Waals surface area contributed by atoms with Crippen LogP contribution < -0.4 is 0 Å². The standard InChI is InChI=1S/C6H11BO3/c1-4(7)6(8)10-3-5-2-9-5/h4-5H,2-3,7H2,1H3. The second kappa shape index (κ2) is 3.06. The van der Waals surface area contributed by atoms with Gasteiger partial charge in [-0.3, -0.25) is 4.79 Å². The first-order chi connectivity index (χ1) is 4.70. The lowest BCUT2D eigenvalue weighted by atomic mass is 9.90. The van der Waals surface area contributed by atoms with Gasteiger partial charge in [0.1, 0.15) is 20.6 Å². The third-order valence-electron chi connectivity index (χ3n) is 1.29. The average Bonchev–Trinajstić information content (AvgIpc) is 2.64. The zero-order valence-corrected chi connectivity index (χ0v) is 6.29. The lowest BCUT2D eigenvalue weighted by Gasteiger charge is -2.03. The van der Waals surface area contributed by atoms with Crippen molar-refractivity contribution in [1.29, 1.82) is 0 Å². The Labute approximate surface area is 61.1 Å². The van der Waals surface area contributed by atoms with Crippen LogP contribution in [0.15, 0.2) is 0 Å². The second-order valence-corrected chi connectivity index (χ2v) is 2.74. The van der Waals surface area contributed by atoms with Gasteiger partial charge in [0.25, 0.3) is 0 Å². The largest absolute Gasteiger partial charge is 0.463 e. The Morgan fingerprint density at radius 1 is 2.00 bits per heavy atom. The van der Waals surface area contributed by atoms with E-state index in [0.29, 0.717) is 6.61 Å². The summed E-state index contributed by atoms with van der Waals surface area (Å²) < 4.78 is 9.72. The lowest BCUT2D eigenvalue weighted by Crippen LogP contribution is -2.13. The summed E-state index contributed by atoms with van der Waals surface area (Å²) in [6, 6.07) is 0. The lowest BCUT2D eigenvalue weighted by molar-refractivity contribution is -0.143. The van der Waals surface area contributed by atoms with E-state index in [1.807, 2.05) is 14.8 Å². The average molecular weight is 142 g/mol. The minimum atomic E-state index is -0.143. The zero-order valence-electron chi connectivity index (χ0n) is 6.29. The van der Waals surface area contributed by atoms with E-state index in [-0.39, 0.29) is 17.9 Å². The van der Waals surface area contributed by atoms with E-state index >= 15 is 0 Å². The molecule has 0 aromatic heterocycles. The number of esters is 1. The van der Waals surface area contributed by atoms with Crippen molar-refractivity contribution < 1.29 is 14.3 Å². The van der Waals surface area contributed by atoms with E-state index in [1.54, 1.807) is 0 Å². The molecule has 2 unspecified atom stereocenters.